The first-order chi connectivity index (χ1) is 7.84. The molecule has 0 aromatic heterocycles. The van der Waals surface area contributed by atoms with Gasteiger partial charge in [-0.2, -0.15) is 0 Å². The first-order valence-electron chi connectivity index (χ1n) is 5.98. The fourth-order valence-corrected chi connectivity index (χ4v) is 1.97. The van der Waals surface area contributed by atoms with E-state index in [9.17, 15) is 4.79 Å². The van der Waals surface area contributed by atoms with Crippen LogP contribution in [0.3, 0.4) is 0 Å². The summed E-state index contributed by atoms with van der Waals surface area (Å²) in [5.41, 5.74) is 2.48. The van der Waals surface area contributed by atoms with Crippen molar-refractivity contribution in [1.82, 2.24) is 0 Å². The van der Waals surface area contributed by atoms with Gasteiger partial charge in [0.2, 0.25) is 0 Å². The van der Waals surface area contributed by atoms with Gasteiger partial charge in [0.1, 0.15) is 0 Å². The molecule has 0 aliphatic rings. The van der Waals surface area contributed by atoms with Crippen LogP contribution >= 0.6 is 0 Å². The quantitative estimate of drug-likeness (QED) is 0.746. The molecule has 0 aliphatic heterocycles. The third kappa shape index (κ3) is 3.88. The molecule has 0 radical (unpaired) electrons. The van der Waals surface area contributed by atoms with E-state index in [0.717, 1.165) is 0 Å². The highest BCUT2D eigenvalue weighted by atomic mass is 16.5. The number of esters is 1. The molecule has 1 aromatic carbocycles. The number of aryl methyl sites for hydroxylation is 1. The minimum absolute atomic E-state index is 0.0451. The lowest BCUT2D eigenvalue weighted by molar-refractivity contribution is -0.141. The molecule has 2 heteroatoms. The van der Waals surface area contributed by atoms with E-state index >= 15 is 0 Å². The van der Waals surface area contributed by atoms with E-state index in [0.29, 0.717) is 6.42 Å². The number of ether oxygens (including phenoxy) is 1. The molecular weight excluding hydrogens is 212 g/mol. The van der Waals surface area contributed by atoms with Crippen LogP contribution < -0.4 is 0 Å². The van der Waals surface area contributed by atoms with Crippen LogP contribution in [0.25, 0.3) is 0 Å². The van der Waals surface area contributed by atoms with Crippen molar-refractivity contribution in [2.45, 2.75) is 40.0 Å². The van der Waals surface area contributed by atoms with E-state index in [1.54, 1.807) is 0 Å². The van der Waals surface area contributed by atoms with E-state index in [2.05, 4.69) is 52.0 Å². The number of rotatable bonds is 3. The number of benzene rings is 1. The zero-order valence-corrected chi connectivity index (χ0v) is 11.4. The molecule has 17 heavy (non-hydrogen) atoms. The van der Waals surface area contributed by atoms with Crippen LogP contribution in [-0.4, -0.2) is 13.1 Å². The third-order valence-electron chi connectivity index (χ3n) is 3.12. The van der Waals surface area contributed by atoms with Crippen LogP contribution in [0.1, 0.15) is 44.2 Å². The molecule has 0 heterocycles. The topological polar surface area (TPSA) is 26.3 Å². The van der Waals surface area contributed by atoms with Crippen LogP contribution in [0.4, 0.5) is 0 Å². The Kier molecular flexibility index (Phi) is 4.33. The zero-order chi connectivity index (χ0) is 13.1. The van der Waals surface area contributed by atoms with Crippen molar-refractivity contribution in [2.75, 3.05) is 7.11 Å². The third-order valence-corrected chi connectivity index (χ3v) is 3.12. The first kappa shape index (κ1) is 13.8. The highest BCUT2D eigenvalue weighted by Crippen LogP contribution is 2.37. The standard InChI is InChI=1S/C15H22O2/c1-11-6-8-12(9-7-11)13(15(2,3)4)10-14(16)17-5/h6-9,13H,10H2,1-5H3. The van der Waals surface area contributed by atoms with Crippen LogP contribution in [-0.2, 0) is 9.53 Å². The summed E-state index contributed by atoms with van der Waals surface area (Å²) in [5.74, 6) is 0.0426. The molecule has 94 valence electrons. The highest BCUT2D eigenvalue weighted by molar-refractivity contribution is 5.70. The Labute approximate surface area is 104 Å². The Hall–Kier alpha value is -1.31. The van der Waals surface area contributed by atoms with Crippen LogP contribution in [0.15, 0.2) is 24.3 Å². The Bertz CT molecular complexity index is 371. The van der Waals surface area contributed by atoms with E-state index in [1.807, 2.05) is 0 Å². The van der Waals surface area contributed by atoms with Gasteiger partial charge in [0.15, 0.2) is 0 Å². The normalized spacial score (nSPS) is 13.2. The van der Waals surface area contributed by atoms with Crippen molar-refractivity contribution in [3.05, 3.63) is 35.4 Å². The van der Waals surface area contributed by atoms with Crippen LogP contribution in [0, 0.1) is 12.3 Å². The summed E-state index contributed by atoms with van der Waals surface area (Å²) >= 11 is 0. The Balaban J connectivity index is 2.98. The van der Waals surface area contributed by atoms with Gasteiger partial charge in [-0.3, -0.25) is 4.79 Å². The number of methoxy groups -OCH3 is 1. The van der Waals surface area contributed by atoms with Crippen molar-refractivity contribution < 1.29 is 9.53 Å². The summed E-state index contributed by atoms with van der Waals surface area (Å²) in [6.45, 7) is 8.53. The monoisotopic (exact) mass is 234 g/mol. The van der Waals surface area contributed by atoms with Gasteiger partial charge in [-0.25, -0.2) is 0 Å². The van der Waals surface area contributed by atoms with E-state index < -0.39 is 0 Å². The summed E-state index contributed by atoms with van der Waals surface area (Å²) < 4.78 is 4.78. The molecule has 0 bridgehead atoms. The van der Waals surface area contributed by atoms with Crippen molar-refractivity contribution >= 4 is 5.97 Å². The lowest BCUT2D eigenvalue weighted by atomic mass is 9.74. The van der Waals surface area contributed by atoms with Crippen molar-refractivity contribution in [3.8, 4) is 0 Å². The lowest BCUT2D eigenvalue weighted by Crippen LogP contribution is -2.22. The lowest BCUT2D eigenvalue weighted by Gasteiger charge is -2.30. The van der Waals surface area contributed by atoms with E-state index in [1.165, 1.54) is 18.2 Å². The summed E-state index contributed by atoms with van der Waals surface area (Å²) in [5, 5.41) is 0. The van der Waals surface area contributed by atoms with Crippen molar-refractivity contribution in [1.29, 1.82) is 0 Å². The average molecular weight is 234 g/mol. The second-order valence-corrected chi connectivity index (χ2v) is 5.61. The van der Waals surface area contributed by atoms with Gasteiger partial charge in [0, 0.05) is 0 Å². The molecule has 1 unspecified atom stereocenters. The van der Waals surface area contributed by atoms with Gasteiger partial charge in [0.25, 0.3) is 0 Å². The first-order valence-corrected chi connectivity index (χ1v) is 5.98. The molecule has 0 spiro atoms. The average Bonchev–Trinajstić information content (AvgIpc) is 2.25. The molecule has 0 fully saturated rings. The minimum Gasteiger partial charge on any atom is -0.469 e. The van der Waals surface area contributed by atoms with Gasteiger partial charge in [-0.1, -0.05) is 50.6 Å². The molecule has 1 aromatic rings. The van der Waals surface area contributed by atoms with Crippen molar-refractivity contribution in [2.24, 2.45) is 5.41 Å². The largest absolute Gasteiger partial charge is 0.469 e. The molecule has 0 saturated carbocycles. The van der Waals surface area contributed by atoms with Gasteiger partial charge in [-0.15, -0.1) is 0 Å². The Morgan fingerprint density at radius 1 is 1.24 bits per heavy atom. The second kappa shape index (κ2) is 5.35. The maximum absolute atomic E-state index is 11.5. The summed E-state index contributed by atoms with van der Waals surface area (Å²) in [6.07, 6.45) is 0.434. The van der Waals surface area contributed by atoms with Gasteiger partial charge in [0.05, 0.1) is 13.5 Å². The molecule has 0 amide bonds. The highest BCUT2D eigenvalue weighted by Gasteiger charge is 2.28. The van der Waals surface area contributed by atoms with Crippen LogP contribution in [0.2, 0.25) is 0 Å². The number of carbonyl (C=O) groups is 1. The number of carbonyl (C=O) groups excluding carboxylic acids is 1. The van der Waals surface area contributed by atoms with Crippen molar-refractivity contribution in [3.63, 3.8) is 0 Å². The molecule has 1 atom stereocenters. The van der Waals surface area contributed by atoms with Gasteiger partial charge in [-0.05, 0) is 23.8 Å². The summed E-state index contributed by atoms with van der Waals surface area (Å²) in [6, 6.07) is 8.39. The molecule has 0 saturated heterocycles. The fraction of sp³-hybridized carbons (Fsp3) is 0.533. The van der Waals surface area contributed by atoms with E-state index in [-0.39, 0.29) is 17.3 Å². The van der Waals surface area contributed by atoms with Crippen LogP contribution in [0.5, 0.6) is 0 Å². The molecule has 2 nitrogen and oxygen atoms in total. The Morgan fingerprint density at radius 3 is 2.18 bits per heavy atom. The number of hydrogen-bond acceptors (Lipinski definition) is 2. The maximum atomic E-state index is 11.5. The summed E-state index contributed by atoms with van der Waals surface area (Å²) in [7, 11) is 1.44. The van der Waals surface area contributed by atoms with Gasteiger partial charge >= 0.3 is 5.97 Å². The van der Waals surface area contributed by atoms with Gasteiger partial charge < -0.3 is 4.74 Å². The minimum atomic E-state index is -0.148. The second-order valence-electron chi connectivity index (χ2n) is 5.61. The predicted octanol–water partition coefficient (Wildman–Crippen LogP) is 3.69. The number of hydrogen-bond donors (Lipinski definition) is 0. The predicted molar refractivity (Wildman–Crippen MR) is 70.0 cm³/mol. The Morgan fingerprint density at radius 2 is 1.76 bits per heavy atom. The molecule has 0 aliphatic carbocycles. The molecule has 1 rings (SSSR count). The fourth-order valence-electron chi connectivity index (χ4n) is 1.97. The molecular formula is C15H22O2. The molecule has 0 N–H and O–H groups in total. The zero-order valence-electron chi connectivity index (χ0n) is 11.4. The smallest absolute Gasteiger partial charge is 0.306 e. The maximum Gasteiger partial charge on any atom is 0.306 e. The van der Waals surface area contributed by atoms with E-state index in [4.69, 9.17) is 4.74 Å². The summed E-state index contributed by atoms with van der Waals surface area (Å²) in [4.78, 5) is 11.5. The SMILES string of the molecule is COC(=O)CC(c1ccc(C)cc1)C(C)(C)C.